The van der Waals surface area contributed by atoms with E-state index in [0.29, 0.717) is 11.6 Å². The van der Waals surface area contributed by atoms with Crippen LogP contribution >= 0.6 is 0 Å². The lowest BCUT2D eigenvalue weighted by Gasteiger charge is -2.23. The summed E-state index contributed by atoms with van der Waals surface area (Å²) < 4.78 is 0. The Labute approximate surface area is 105 Å². The molecule has 1 atom stereocenters. The third-order valence-electron chi connectivity index (χ3n) is 3.60. The van der Waals surface area contributed by atoms with Gasteiger partial charge in [-0.25, -0.2) is 4.98 Å². The van der Waals surface area contributed by atoms with Gasteiger partial charge in [-0.1, -0.05) is 0 Å². The fraction of sp³-hybridized carbons (Fsp3) is 0.385. The average molecular weight is 244 g/mol. The number of pyridine rings is 1. The molecule has 4 N–H and O–H groups in total. The van der Waals surface area contributed by atoms with Crippen molar-refractivity contribution in [2.75, 3.05) is 13.1 Å². The number of nitrogens with zero attached hydrogens (tertiary/aromatic N) is 1. The molecule has 0 unspecified atom stereocenters. The van der Waals surface area contributed by atoms with Crippen molar-refractivity contribution in [2.45, 2.75) is 18.8 Å². The number of nitrogens with two attached hydrogens (primary N) is 1. The summed E-state index contributed by atoms with van der Waals surface area (Å²) in [5.74, 6) is -0.0257. The normalized spacial score (nSPS) is 20.1. The van der Waals surface area contributed by atoms with E-state index in [2.05, 4.69) is 15.3 Å². The summed E-state index contributed by atoms with van der Waals surface area (Å²) in [6, 6.07) is 1.99. The number of hydrogen-bond acceptors (Lipinski definition) is 3. The van der Waals surface area contributed by atoms with Crippen molar-refractivity contribution < 1.29 is 4.79 Å². The monoisotopic (exact) mass is 244 g/mol. The number of aromatic nitrogens is 2. The van der Waals surface area contributed by atoms with Crippen LogP contribution in [0, 0.1) is 0 Å². The van der Waals surface area contributed by atoms with E-state index in [4.69, 9.17) is 5.73 Å². The molecule has 5 heteroatoms. The van der Waals surface area contributed by atoms with E-state index in [1.165, 1.54) is 12.0 Å². The van der Waals surface area contributed by atoms with E-state index in [0.717, 1.165) is 30.4 Å². The van der Waals surface area contributed by atoms with Crippen LogP contribution in [0.3, 0.4) is 0 Å². The topological polar surface area (TPSA) is 83.8 Å². The first-order valence-corrected chi connectivity index (χ1v) is 6.24. The zero-order valence-electron chi connectivity index (χ0n) is 10.1. The van der Waals surface area contributed by atoms with Gasteiger partial charge in [-0.15, -0.1) is 0 Å². The third kappa shape index (κ3) is 1.76. The van der Waals surface area contributed by atoms with Crippen LogP contribution in [0.2, 0.25) is 0 Å². The van der Waals surface area contributed by atoms with Crippen molar-refractivity contribution in [3.8, 4) is 0 Å². The summed E-state index contributed by atoms with van der Waals surface area (Å²) in [5, 5.41) is 4.46. The van der Waals surface area contributed by atoms with Crippen LogP contribution in [-0.4, -0.2) is 29.0 Å². The van der Waals surface area contributed by atoms with Crippen molar-refractivity contribution in [3.63, 3.8) is 0 Å². The molecule has 18 heavy (non-hydrogen) atoms. The molecule has 0 aliphatic carbocycles. The van der Waals surface area contributed by atoms with Crippen molar-refractivity contribution in [1.82, 2.24) is 15.3 Å². The molecular weight excluding hydrogens is 228 g/mol. The Hall–Kier alpha value is -1.88. The van der Waals surface area contributed by atoms with Crippen molar-refractivity contribution in [1.29, 1.82) is 0 Å². The predicted octanol–water partition coefficient (Wildman–Crippen LogP) is 1.13. The number of carbonyl (C=O) groups excluding carboxylic acids is 1. The van der Waals surface area contributed by atoms with Gasteiger partial charge in [0.25, 0.3) is 5.91 Å². The van der Waals surface area contributed by atoms with Gasteiger partial charge < -0.3 is 16.0 Å². The average Bonchev–Trinajstić information content (AvgIpc) is 2.87. The maximum Gasteiger partial charge on any atom is 0.269 e. The van der Waals surface area contributed by atoms with Crippen LogP contribution in [0.5, 0.6) is 0 Å². The van der Waals surface area contributed by atoms with E-state index >= 15 is 0 Å². The van der Waals surface area contributed by atoms with E-state index in [1.807, 2.05) is 12.3 Å². The number of piperidine rings is 1. The minimum atomic E-state index is -0.490. The second-order valence-corrected chi connectivity index (χ2v) is 4.74. The molecule has 0 spiro atoms. The maximum atomic E-state index is 11.3. The van der Waals surface area contributed by atoms with E-state index in [-0.39, 0.29) is 0 Å². The molecule has 1 saturated heterocycles. The van der Waals surface area contributed by atoms with Crippen LogP contribution in [0.25, 0.3) is 10.9 Å². The second-order valence-electron chi connectivity index (χ2n) is 4.74. The van der Waals surface area contributed by atoms with Crippen molar-refractivity contribution >= 4 is 16.8 Å². The summed E-state index contributed by atoms with van der Waals surface area (Å²) in [6.45, 7) is 2.05. The molecule has 1 fully saturated rings. The highest BCUT2D eigenvalue weighted by atomic mass is 16.1. The van der Waals surface area contributed by atoms with E-state index < -0.39 is 5.91 Å². The molecule has 1 aliphatic heterocycles. The number of H-pyrrole nitrogens is 1. The van der Waals surface area contributed by atoms with Gasteiger partial charge in [-0.05, 0) is 36.9 Å². The summed E-state index contributed by atoms with van der Waals surface area (Å²) in [5.41, 5.74) is 7.61. The van der Waals surface area contributed by atoms with Gasteiger partial charge in [0, 0.05) is 24.3 Å². The first-order chi connectivity index (χ1) is 8.77. The SMILES string of the molecule is NC(=O)c1ncc([C@H]2CCCNC2)c2cc[nH]c12. The zero-order chi connectivity index (χ0) is 12.5. The second kappa shape index (κ2) is 4.42. The fourth-order valence-electron chi connectivity index (χ4n) is 2.70. The van der Waals surface area contributed by atoms with Crippen LogP contribution in [0.15, 0.2) is 18.5 Å². The minimum Gasteiger partial charge on any atom is -0.364 e. The molecular formula is C13H16N4O. The molecule has 0 saturated carbocycles. The molecule has 1 amide bonds. The Morgan fingerprint density at radius 3 is 3.11 bits per heavy atom. The lowest BCUT2D eigenvalue weighted by Crippen LogP contribution is -2.28. The zero-order valence-corrected chi connectivity index (χ0v) is 10.1. The van der Waals surface area contributed by atoms with Crippen molar-refractivity contribution in [2.24, 2.45) is 5.73 Å². The number of rotatable bonds is 2. The Kier molecular flexibility index (Phi) is 2.76. The quantitative estimate of drug-likeness (QED) is 0.740. The number of hydrogen-bond donors (Lipinski definition) is 3. The van der Waals surface area contributed by atoms with Gasteiger partial charge >= 0.3 is 0 Å². The van der Waals surface area contributed by atoms with Gasteiger partial charge in [0.05, 0.1) is 5.52 Å². The van der Waals surface area contributed by atoms with Crippen molar-refractivity contribution in [3.05, 3.63) is 29.7 Å². The Morgan fingerprint density at radius 2 is 2.39 bits per heavy atom. The summed E-state index contributed by atoms with van der Waals surface area (Å²) in [7, 11) is 0. The summed E-state index contributed by atoms with van der Waals surface area (Å²) >= 11 is 0. The van der Waals surface area contributed by atoms with Crippen LogP contribution < -0.4 is 11.1 Å². The highest BCUT2D eigenvalue weighted by Gasteiger charge is 2.20. The first kappa shape index (κ1) is 11.2. The van der Waals surface area contributed by atoms with Gasteiger partial charge in [-0.3, -0.25) is 4.79 Å². The molecule has 0 aromatic carbocycles. The molecule has 1 aliphatic rings. The van der Waals surface area contributed by atoms with E-state index in [1.54, 1.807) is 6.20 Å². The molecule has 2 aromatic heterocycles. The molecule has 0 bridgehead atoms. The lowest BCUT2D eigenvalue weighted by molar-refractivity contribution is 0.0997. The molecule has 2 aromatic rings. The summed E-state index contributed by atoms with van der Waals surface area (Å²) in [6.07, 6.45) is 5.96. The molecule has 94 valence electrons. The number of nitrogens with one attached hydrogen (secondary N) is 2. The van der Waals surface area contributed by atoms with Gasteiger partial charge in [-0.2, -0.15) is 0 Å². The molecule has 3 heterocycles. The maximum absolute atomic E-state index is 11.3. The largest absolute Gasteiger partial charge is 0.364 e. The number of amides is 1. The predicted molar refractivity (Wildman–Crippen MR) is 69.5 cm³/mol. The smallest absolute Gasteiger partial charge is 0.269 e. The van der Waals surface area contributed by atoms with E-state index in [9.17, 15) is 4.79 Å². The number of primary amides is 1. The number of carbonyl (C=O) groups is 1. The Bertz CT molecular complexity index is 584. The molecule has 0 radical (unpaired) electrons. The van der Waals surface area contributed by atoms with Gasteiger partial charge in [0.15, 0.2) is 5.69 Å². The highest BCUT2D eigenvalue weighted by Crippen LogP contribution is 2.29. The van der Waals surface area contributed by atoms with Gasteiger partial charge in [0.2, 0.25) is 0 Å². The minimum absolute atomic E-state index is 0.322. The van der Waals surface area contributed by atoms with Crippen LogP contribution in [0.1, 0.15) is 34.8 Å². The van der Waals surface area contributed by atoms with Crippen LogP contribution in [-0.2, 0) is 0 Å². The standard InChI is InChI=1S/C13H16N4O/c14-13(18)12-11-9(3-5-16-11)10(7-17-12)8-2-1-4-15-6-8/h3,5,7-8,15-16H,1-2,4,6H2,(H2,14,18)/t8-/m0/s1. The lowest BCUT2D eigenvalue weighted by atomic mass is 9.90. The fourth-order valence-corrected chi connectivity index (χ4v) is 2.70. The Balaban J connectivity index is 2.10. The van der Waals surface area contributed by atoms with Gasteiger partial charge in [0.1, 0.15) is 0 Å². The number of aromatic amines is 1. The highest BCUT2D eigenvalue weighted by molar-refractivity contribution is 6.03. The molecule has 3 rings (SSSR count). The van der Waals surface area contributed by atoms with Crippen LogP contribution in [0.4, 0.5) is 0 Å². The number of fused-ring (bicyclic) bond motifs is 1. The summed E-state index contributed by atoms with van der Waals surface area (Å²) in [4.78, 5) is 18.6. The first-order valence-electron chi connectivity index (χ1n) is 6.24. The Morgan fingerprint density at radius 1 is 1.50 bits per heavy atom. The third-order valence-corrected chi connectivity index (χ3v) is 3.60. The molecule has 5 nitrogen and oxygen atoms in total.